The molecule has 0 N–H and O–H groups in total. The van der Waals surface area contributed by atoms with E-state index in [0.717, 1.165) is 27.2 Å². The van der Waals surface area contributed by atoms with Gasteiger partial charge in [-0.25, -0.2) is 4.79 Å². The maximum atomic E-state index is 12.7. The summed E-state index contributed by atoms with van der Waals surface area (Å²) in [5, 5.41) is 1.59. The number of hydrogen-bond donors (Lipinski definition) is 0. The van der Waals surface area contributed by atoms with Gasteiger partial charge in [0, 0.05) is 32.1 Å². The Bertz CT molecular complexity index is 1250. The lowest BCUT2D eigenvalue weighted by Gasteiger charge is -2.08. The molecular formula is C22H17Cl2NO4S. The first-order chi connectivity index (χ1) is 14.3. The second kappa shape index (κ2) is 8.30. The van der Waals surface area contributed by atoms with Gasteiger partial charge in [-0.05, 0) is 44.2 Å². The van der Waals surface area contributed by atoms with E-state index in [2.05, 4.69) is 0 Å². The molecule has 5 nitrogen and oxygen atoms in total. The van der Waals surface area contributed by atoms with Crippen molar-refractivity contribution in [3.63, 3.8) is 0 Å². The van der Waals surface area contributed by atoms with E-state index < -0.39 is 5.97 Å². The van der Waals surface area contributed by atoms with Crippen molar-refractivity contribution in [2.24, 2.45) is 0 Å². The zero-order valence-corrected chi connectivity index (χ0v) is 18.5. The Labute approximate surface area is 186 Å². The van der Waals surface area contributed by atoms with Gasteiger partial charge < -0.3 is 13.7 Å². The molecule has 0 atom stereocenters. The third-order valence-corrected chi connectivity index (χ3v) is 6.75. The smallest absolute Gasteiger partial charge is 0.350 e. The van der Waals surface area contributed by atoms with Gasteiger partial charge >= 0.3 is 5.97 Å². The number of furan rings is 1. The van der Waals surface area contributed by atoms with Crippen LogP contribution in [-0.2, 0) is 11.3 Å². The van der Waals surface area contributed by atoms with E-state index in [1.165, 1.54) is 11.3 Å². The van der Waals surface area contributed by atoms with E-state index in [1.807, 2.05) is 30.5 Å². The average molecular weight is 462 g/mol. The number of ketones is 1. The van der Waals surface area contributed by atoms with Crippen LogP contribution in [0, 0.1) is 13.8 Å². The van der Waals surface area contributed by atoms with E-state index >= 15 is 0 Å². The third-order valence-electron chi connectivity index (χ3n) is 4.88. The van der Waals surface area contributed by atoms with Crippen LogP contribution in [0.1, 0.15) is 37.2 Å². The predicted octanol–water partition coefficient (Wildman–Crippen LogP) is 6.31. The van der Waals surface area contributed by atoms with Gasteiger partial charge in [-0.2, -0.15) is 0 Å². The van der Waals surface area contributed by atoms with Gasteiger partial charge in [0.05, 0.1) is 17.8 Å². The lowest BCUT2D eigenvalue weighted by Crippen LogP contribution is -2.14. The van der Waals surface area contributed by atoms with Crippen LogP contribution in [0.25, 0.3) is 10.1 Å². The number of esters is 1. The highest BCUT2D eigenvalue weighted by Crippen LogP contribution is 2.37. The number of thiophene rings is 1. The second-order valence-electron chi connectivity index (χ2n) is 6.84. The molecule has 0 spiro atoms. The highest BCUT2D eigenvalue weighted by molar-refractivity contribution is 7.21. The van der Waals surface area contributed by atoms with Crippen molar-refractivity contribution < 1.29 is 18.7 Å². The summed E-state index contributed by atoms with van der Waals surface area (Å²) < 4.78 is 13.4. The normalized spacial score (nSPS) is 11.2. The molecule has 0 saturated carbocycles. The summed E-state index contributed by atoms with van der Waals surface area (Å²) in [4.78, 5) is 25.5. The van der Waals surface area contributed by atoms with E-state index in [-0.39, 0.29) is 17.3 Å². The maximum Gasteiger partial charge on any atom is 0.350 e. The van der Waals surface area contributed by atoms with E-state index in [1.54, 1.807) is 30.5 Å². The Morgan fingerprint density at radius 2 is 1.97 bits per heavy atom. The Morgan fingerprint density at radius 3 is 2.70 bits per heavy atom. The van der Waals surface area contributed by atoms with Crippen LogP contribution in [0.15, 0.2) is 47.1 Å². The van der Waals surface area contributed by atoms with Gasteiger partial charge in [-0.3, -0.25) is 4.79 Å². The number of rotatable bonds is 6. The van der Waals surface area contributed by atoms with Crippen molar-refractivity contribution >= 4 is 56.4 Å². The minimum Gasteiger partial charge on any atom is -0.467 e. The topological polar surface area (TPSA) is 61.4 Å². The number of aromatic nitrogens is 1. The molecule has 0 aliphatic heterocycles. The number of aryl methyl sites for hydroxylation is 1. The standard InChI is InChI=1S/C22H17Cl2NO4S/c1-12-8-17(13(2)25(12)10-15-4-3-7-28-15)18(26)11-29-22(27)21-20(24)16-6-5-14(23)9-19(16)30-21/h3-9H,10-11H2,1-2H3. The minimum atomic E-state index is -0.630. The first-order valence-corrected chi connectivity index (χ1v) is 10.7. The van der Waals surface area contributed by atoms with Gasteiger partial charge in [0.2, 0.25) is 5.78 Å². The van der Waals surface area contributed by atoms with Crippen molar-refractivity contribution in [1.29, 1.82) is 0 Å². The molecule has 0 fully saturated rings. The first kappa shape index (κ1) is 20.7. The van der Waals surface area contributed by atoms with Gasteiger partial charge in [0.15, 0.2) is 6.61 Å². The van der Waals surface area contributed by atoms with Crippen molar-refractivity contribution in [1.82, 2.24) is 4.57 Å². The lowest BCUT2D eigenvalue weighted by atomic mass is 10.1. The number of hydrogen-bond acceptors (Lipinski definition) is 5. The van der Waals surface area contributed by atoms with Gasteiger partial charge in [-0.15, -0.1) is 11.3 Å². The molecule has 8 heteroatoms. The Hall–Kier alpha value is -2.54. The van der Waals surface area contributed by atoms with Crippen LogP contribution in [0.3, 0.4) is 0 Å². The van der Waals surface area contributed by atoms with Gasteiger partial charge in [-0.1, -0.05) is 29.3 Å². The van der Waals surface area contributed by atoms with Crippen molar-refractivity contribution in [3.05, 3.63) is 80.3 Å². The summed E-state index contributed by atoms with van der Waals surface area (Å²) in [6.45, 7) is 3.94. The Kier molecular flexibility index (Phi) is 5.73. The van der Waals surface area contributed by atoms with Crippen LogP contribution in [0.2, 0.25) is 10.0 Å². The molecule has 1 aromatic carbocycles. The number of Topliss-reactive ketones (excluding diaryl/α,β-unsaturated/α-hetero) is 1. The largest absolute Gasteiger partial charge is 0.467 e. The van der Waals surface area contributed by atoms with Gasteiger partial charge in [0.25, 0.3) is 0 Å². The fourth-order valence-corrected chi connectivity index (χ4v) is 5.01. The summed E-state index contributed by atoms with van der Waals surface area (Å²) in [6.07, 6.45) is 1.61. The number of ether oxygens (including phenoxy) is 1. The van der Waals surface area contributed by atoms with Crippen LogP contribution < -0.4 is 0 Å². The maximum absolute atomic E-state index is 12.7. The Balaban J connectivity index is 1.48. The Morgan fingerprint density at radius 1 is 1.17 bits per heavy atom. The molecule has 0 radical (unpaired) electrons. The quantitative estimate of drug-likeness (QED) is 0.249. The fraction of sp³-hybridized carbons (Fsp3) is 0.182. The third kappa shape index (κ3) is 3.90. The summed E-state index contributed by atoms with van der Waals surface area (Å²) in [6, 6.07) is 10.7. The molecule has 30 heavy (non-hydrogen) atoms. The molecule has 3 aromatic heterocycles. The number of carbonyl (C=O) groups excluding carboxylic acids is 2. The van der Waals surface area contributed by atoms with Crippen LogP contribution in [0.4, 0.5) is 0 Å². The van der Waals surface area contributed by atoms with Crippen LogP contribution >= 0.6 is 34.5 Å². The summed E-state index contributed by atoms with van der Waals surface area (Å²) in [7, 11) is 0. The molecule has 3 heterocycles. The van der Waals surface area contributed by atoms with E-state index in [9.17, 15) is 9.59 Å². The number of nitrogens with zero attached hydrogens (tertiary/aromatic N) is 1. The average Bonchev–Trinajstić information content (AvgIpc) is 3.41. The van der Waals surface area contributed by atoms with Crippen molar-refractivity contribution in [2.45, 2.75) is 20.4 Å². The first-order valence-electron chi connectivity index (χ1n) is 9.12. The molecule has 4 aromatic rings. The molecule has 0 unspecified atom stereocenters. The molecule has 0 saturated heterocycles. The van der Waals surface area contributed by atoms with Crippen LogP contribution in [0.5, 0.6) is 0 Å². The van der Waals surface area contributed by atoms with Crippen LogP contribution in [-0.4, -0.2) is 22.9 Å². The molecule has 0 amide bonds. The lowest BCUT2D eigenvalue weighted by molar-refractivity contribution is 0.0479. The zero-order valence-electron chi connectivity index (χ0n) is 16.2. The number of fused-ring (bicyclic) bond motifs is 1. The van der Waals surface area contributed by atoms with Gasteiger partial charge in [0.1, 0.15) is 10.6 Å². The molecule has 154 valence electrons. The minimum absolute atomic E-state index is 0.255. The number of benzene rings is 1. The SMILES string of the molecule is Cc1cc(C(=O)COC(=O)c2sc3cc(Cl)ccc3c2Cl)c(C)n1Cc1ccco1. The number of carbonyl (C=O) groups is 2. The monoisotopic (exact) mass is 461 g/mol. The summed E-state index contributed by atoms with van der Waals surface area (Å²) >= 11 is 13.5. The highest BCUT2D eigenvalue weighted by atomic mass is 35.5. The van der Waals surface area contributed by atoms with Crippen molar-refractivity contribution in [3.8, 4) is 0 Å². The molecule has 0 bridgehead atoms. The van der Waals surface area contributed by atoms with E-state index in [0.29, 0.717) is 22.2 Å². The summed E-state index contributed by atoms with van der Waals surface area (Å²) in [5.74, 6) is -0.112. The molecule has 0 aliphatic carbocycles. The molecule has 4 rings (SSSR count). The highest BCUT2D eigenvalue weighted by Gasteiger charge is 2.22. The fourth-order valence-electron chi connectivity index (χ4n) is 3.33. The van der Waals surface area contributed by atoms with Crippen molar-refractivity contribution in [2.75, 3.05) is 6.61 Å². The summed E-state index contributed by atoms with van der Waals surface area (Å²) in [5.41, 5.74) is 2.23. The predicted molar refractivity (Wildman–Crippen MR) is 118 cm³/mol. The zero-order chi connectivity index (χ0) is 21.4. The van der Waals surface area contributed by atoms with E-state index in [4.69, 9.17) is 32.4 Å². The number of halogens is 2. The molecule has 0 aliphatic rings. The molecular weight excluding hydrogens is 445 g/mol. The second-order valence-corrected chi connectivity index (χ2v) is 8.70.